The molecule has 4 heterocycles. The fourth-order valence-electron chi connectivity index (χ4n) is 5.82. The van der Waals surface area contributed by atoms with E-state index in [1.54, 1.807) is 49.3 Å². The number of nitrogens with one attached hydrogen (secondary N) is 2. The molecule has 1 saturated carbocycles. The number of nitrogens with zero attached hydrogens (tertiary/aromatic N) is 6. The average molecular weight is 497 g/mol. The Morgan fingerprint density at radius 1 is 1.08 bits per heavy atom. The quantitative estimate of drug-likeness (QED) is 0.369. The molecule has 1 aromatic carbocycles. The van der Waals surface area contributed by atoms with E-state index in [-0.39, 0.29) is 17.7 Å². The van der Waals surface area contributed by atoms with Crippen LogP contribution in [0.3, 0.4) is 0 Å². The number of hydrogen-bond acceptors (Lipinski definition) is 7. The zero-order valence-corrected chi connectivity index (χ0v) is 20.8. The average Bonchev–Trinajstić information content (AvgIpc) is 3.38. The molecule has 1 amide bonds. The SMILES string of the molecule is Cn1cncc1CC1(Cc2cncn2C)N/C(=C\C(=O)c2ccc(C#N)cc2)N(C2[C@H]3CNC[C@@H]23)C1=O. The van der Waals surface area contributed by atoms with Gasteiger partial charge in [0.2, 0.25) is 0 Å². The second-order valence-electron chi connectivity index (χ2n) is 10.3. The molecule has 3 fully saturated rings. The number of aromatic nitrogens is 4. The van der Waals surface area contributed by atoms with Crippen LogP contribution in [0.15, 0.2) is 61.2 Å². The van der Waals surface area contributed by atoms with Crippen LogP contribution in [-0.2, 0) is 31.7 Å². The number of amides is 1. The van der Waals surface area contributed by atoms with Crippen LogP contribution in [0, 0.1) is 23.2 Å². The van der Waals surface area contributed by atoms with Crippen LogP contribution in [0.1, 0.15) is 27.3 Å². The number of aryl methyl sites for hydroxylation is 2. The number of piperidine rings is 1. The van der Waals surface area contributed by atoms with E-state index in [1.165, 1.54) is 6.08 Å². The van der Waals surface area contributed by atoms with Gasteiger partial charge in [-0.15, -0.1) is 0 Å². The van der Waals surface area contributed by atoms with Gasteiger partial charge in [0, 0.05) is 81.5 Å². The molecule has 10 heteroatoms. The van der Waals surface area contributed by atoms with Crippen molar-refractivity contribution in [3.05, 3.63) is 83.7 Å². The first-order chi connectivity index (χ1) is 17.9. The van der Waals surface area contributed by atoms with Crippen LogP contribution >= 0.6 is 0 Å². The molecule has 2 N–H and O–H groups in total. The Labute approximate surface area is 214 Å². The van der Waals surface area contributed by atoms with Crippen LogP contribution in [0.4, 0.5) is 0 Å². The maximum atomic E-state index is 14.4. The normalized spacial score (nSPS) is 24.7. The van der Waals surface area contributed by atoms with Gasteiger partial charge in [0.1, 0.15) is 11.4 Å². The molecule has 2 saturated heterocycles. The molecule has 6 rings (SSSR count). The molecule has 37 heavy (non-hydrogen) atoms. The highest BCUT2D eigenvalue weighted by Gasteiger charge is 2.63. The third kappa shape index (κ3) is 3.92. The first-order valence-electron chi connectivity index (χ1n) is 12.4. The number of nitriles is 1. The molecule has 10 nitrogen and oxygen atoms in total. The Kier molecular flexibility index (Phi) is 5.46. The van der Waals surface area contributed by atoms with Gasteiger partial charge in [-0.3, -0.25) is 14.5 Å². The van der Waals surface area contributed by atoms with Crippen LogP contribution in [0.2, 0.25) is 0 Å². The minimum absolute atomic E-state index is 0.0341. The van der Waals surface area contributed by atoms with Crippen molar-refractivity contribution in [2.45, 2.75) is 24.4 Å². The third-order valence-electron chi connectivity index (χ3n) is 7.96. The summed E-state index contributed by atoms with van der Waals surface area (Å²) < 4.78 is 3.84. The monoisotopic (exact) mass is 496 g/mol. The number of benzene rings is 1. The number of ketones is 1. The number of allylic oxidation sites excluding steroid dienone is 1. The summed E-state index contributed by atoms with van der Waals surface area (Å²) in [5.74, 6) is 1.04. The Hall–Kier alpha value is -4.23. The molecular formula is C27H28N8O2. The van der Waals surface area contributed by atoms with Gasteiger partial charge < -0.3 is 19.8 Å². The van der Waals surface area contributed by atoms with E-state index >= 15 is 0 Å². The van der Waals surface area contributed by atoms with Gasteiger partial charge in [0.15, 0.2) is 5.78 Å². The molecule has 3 atom stereocenters. The van der Waals surface area contributed by atoms with E-state index in [9.17, 15) is 9.59 Å². The lowest BCUT2D eigenvalue weighted by atomic mass is 9.88. The van der Waals surface area contributed by atoms with Crippen LogP contribution in [0.5, 0.6) is 0 Å². The molecule has 0 bridgehead atoms. The van der Waals surface area contributed by atoms with Crippen molar-refractivity contribution in [3.8, 4) is 6.07 Å². The van der Waals surface area contributed by atoms with E-state index in [2.05, 4.69) is 26.7 Å². The summed E-state index contributed by atoms with van der Waals surface area (Å²) >= 11 is 0. The standard InChI is InChI=1S/C27H28N8O2/c1-33-15-30-11-19(33)8-27(9-20-12-31-16-34(20)2)26(37)35(25-21-13-29-14-22(21)25)24(32-27)7-23(36)18-5-3-17(10-28)4-6-18/h3-7,11-12,15-16,21-22,25,29,32H,8-9,13-14H2,1-2H3/b24-7+/t21-,22+,25?. The Morgan fingerprint density at radius 3 is 2.19 bits per heavy atom. The van der Waals surface area contributed by atoms with Crippen molar-refractivity contribution in [2.24, 2.45) is 25.9 Å². The fourth-order valence-corrected chi connectivity index (χ4v) is 5.82. The van der Waals surface area contributed by atoms with Gasteiger partial charge in [0.25, 0.3) is 5.91 Å². The fraction of sp³-hybridized carbons (Fsp3) is 0.370. The first-order valence-corrected chi connectivity index (χ1v) is 12.4. The third-order valence-corrected chi connectivity index (χ3v) is 7.96. The Morgan fingerprint density at radius 2 is 1.68 bits per heavy atom. The summed E-state index contributed by atoms with van der Waals surface area (Å²) in [5, 5.41) is 16.0. The summed E-state index contributed by atoms with van der Waals surface area (Å²) in [7, 11) is 3.83. The van der Waals surface area contributed by atoms with Gasteiger partial charge >= 0.3 is 0 Å². The van der Waals surface area contributed by atoms with Crippen molar-refractivity contribution in [3.63, 3.8) is 0 Å². The highest BCUT2D eigenvalue weighted by Crippen LogP contribution is 2.49. The van der Waals surface area contributed by atoms with Gasteiger partial charge in [-0.05, 0) is 36.1 Å². The van der Waals surface area contributed by atoms with E-state index in [4.69, 9.17) is 5.26 Å². The number of fused-ring (bicyclic) bond motifs is 1. The van der Waals surface area contributed by atoms with E-state index in [0.29, 0.717) is 41.6 Å². The van der Waals surface area contributed by atoms with Crippen molar-refractivity contribution in [2.75, 3.05) is 13.1 Å². The smallest absolute Gasteiger partial charge is 0.254 e. The van der Waals surface area contributed by atoms with Crippen molar-refractivity contribution >= 4 is 11.7 Å². The molecule has 2 aliphatic heterocycles. The summed E-state index contributed by atoms with van der Waals surface area (Å²) in [6.45, 7) is 1.73. The van der Waals surface area contributed by atoms with Gasteiger partial charge in [-0.2, -0.15) is 5.26 Å². The summed E-state index contributed by atoms with van der Waals surface area (Å²) in [6, 6.07) is 8.68. The minimum Gasteiger partial charge on any atom is -0.356 e. The molecule has 1 aliphatic carbocycles. The van der Waals surface area contributed by atoms with Gasteiger partial charge in [0.05, 0.1) is 24.3 Å². The van der Waals surface area contributed by atoms with Crippen LogP contribution < -0.4 is 10.6 Å². The van der Waals surface area contributed by atoms with Crippen LogP contribution in [0.25, 0.3) is 0 Å². The van der Waals surface area contributed by atoms with Crippen molar-refractivity contribution in [1.82, 2.24) is 34.6 Å². The first kappa shape index (κ1) is 23.2. The lowest BCUT2D eigenvalue weighted by Crippen LogP contribution is -2.51. The predicted octanol–water partition coefficient (Wildman–Crippen LogP) is 0.923. The molecule has 3 aliphatic rings. The summed E-state index contributed by atoms with van der Waals surface area (Å²) in [5.41, 5.74) is 1.79. The van der Waals surface area contributed by atoms with Crippen molar-refractivity contribution < 1.29 is 9.59 Å². The molecule has 188 valence electrons. The topological polar surface area (TPSA) is 121 Å². The summed E-state index contributed by atoms with van der Waals surface area (Å²) in [6.07, 6.45) is 9.38. The minimum atomic E-state index is -0.997. The van der Waals surface area contributed by atoms with Gasteiger partial charge in [-0.1, -0.05) is 0 Å². The molecule has 0 spiro atoms. The summed E-state index contributed by atoms with van der Waals surface area (Å²) in [4.78, 5) is 38.1. The number of rotatable bonds is 7. The highest BCUT2D eigenvalue weighted by molar-refractivity contribution is 6.06. The highest BCUT2D eigenvalue weighted by atomic mass is 16.2. The number of imidazole rings is 2. The molecule has 0 radical (unpaired) electrons. The van der Waals surface area contributed by atoms with E-state index in [1.807, 2.05) is 28.1 Å². The molecular weight excluding hydrogens is 468 g/mol. The molecule has 2 aromatic heterocycles. The Balaban J connectivity index is 1.41. The molecule has 1 unspecified atom stereocenters. The lowest BCUT2D eigenvalue weighted by Gasteiger charge is -2.28. The zero-order chi connectivity index (χ0) is 25.7. The second-order valence-corrected chi connectivity index (χ2v) is 10.3. The maximum absolute atomic E-state index is 14.4. The number of hydrogen-bond donors (Lipinski definition) is 2. The van der Waals surface area contributed by atoms with Crippen LogP contribution in [-0.4, -0.2) is 60.4 Å². The zero-order valence-electron chi connectivity index (χ0n) is 20.8. The lowest BCUT2D eigenvalue weighted by molar-refractivity contribution is -0.132. The second kappa shape index (κ2) is 8.71. The number of carbonyl (C=O) groups is 2. The maximum Gasteiger partial charge on any atom is 0.254 e. The van der Waals surface area contributed by atoms with E-state index < -0.39 is 5.54 Å². The van der Waals surface area contributed by atoms with Gasteiger partial charge in [-0.25, -0.2) is 9.97 Å². The van der Waals surface area contributed by atoms with Crippen molar-refractivity contribution in [1.29, 1.82) is 5.26 Å². The van der Waals surface area contributed by atoms with E-state index in [0.717, 1.165) is 24.5 Å². The number of carbonyl (C=O) groups excluding carboxylic acids is 2. The Bertz CT molecular complexity index is 1390. The largest absolute Gasteiger partial charge is 0.356 e. The predicted molar refractivity (Wildman–Crippen MR) is 134 cm³/mol. The molecule has 3 aromatic rings.